The zero-order chi connectivity index (χ0) is 13.9. The normalized spacial score (nSPS) is 13.2. The van der Waals surface area contributed by atoms with Crippen molar-refractivity contribution in [3.63, 3.8) is 0 Å². The van der Waals surface area contributed by atoms with Gasteiger partial charge in [0.15, 0.2) is 0 Å². The first-order chi connectivity index (χ1) is 8.24. The third-order valence-electron chi connectivity index (χ3n) is 2.24. The van der Waals surface area contributed by atoms with Crippen LogP contribution in [0.3, 0.4) is 0 Å². The van der Waals surface area contributed by atoms with E-state index in [2.05, 4.69) is 21.2 Å². The van der Waals surface area contributed by atoms with Crippen molar-refractivity contribution in [1.82, 2.24) is 5.32 Å². The number of aliphatic hydroxyl groups is 1. The fraction of sp³-hybridized carbons (Fsp3) is 0.462. The second kappa shape index (κ2) is 5.80. The quantitative estimate of drug-likeness (QED) is 0.900. The van der Waals surface area contributed by atoms with Gasteiger partial charge < -0.3 is 10.4 Å². The molecule has 0 aliphatic carbocycles. The Hall–Kier alpha value is -0.940. The zero-order valence-corrected chi connectivity index (χ0v) is 12.2. The second-order valence-electron chi connectivity index (χ2n) is 5.09. The van der Waals surface area contributed by atoms with Crippen LogP contribution < -0.4 is 5.32 Å². The maximum atomic E-state index is 13.5. The van der Waals surface area contributed by atoms with E-state index in [9.17, 15) is 9.18 Å². The molecule has 1 unspecified atom stereocenters. The summed E-state index contributed by atoms with van der Waals surface area (Å²) >= 11 is 3.20. The molecule has 0 saturated carbocycles. The fourth-order valence-corrected chi connectivity index (χ4v) is 1.93. The van der Waals surface area contributed by atoms with Crippen molar-refractivity contribution >= 4 is 21.8 Å². The van der Waals surface area contributed by atoms with Crippen molar-refractivity contribution < 1.29 is 14.3 Å². The van der Waals surface area contributed by atoms with Crippen molar-refractivity contribution in [2.24, 2.45) is 0 Å². The highest BCUT2D eigenvalue weighted by atomic mass is 79.9. The van der Waals surface area contributed by atoms with Crippen LogP contribution in [0.4, 0.5) is 4.39 Å². The topological polar surface area (TPSA) is 49.3 Å². The highest BCUT2D eigenvalue weighted by molar-refractivity contribution is 9.10. The molecule has 5 heteroatoms. The summed E-state index contributed by atoms with van der Waals surface area (Å²) in [7, 11) is 0. The fourth-order valence-electron chi connectivity index (χ4n) is 1.44. The van der Waals surface area contributed by atoms with E-state index in [0.717, 1.165) is 0 Å². The molecule has 1 aromatic rings. The lowest BCUT2D eigenvalue weighted by atomic mass is 10.0. The molecule has 0 saturated heterocycles. The van der Waals surface area contributed by atoms with Crippen LogP contribution >= 0.6 is 15.9 Å². The number of hydrogen-bond donors (Lipinski definition) is 2. The van der Waals surface area contributed by atoms with E-state index in [0.29, 0.717) is 10.0 Å². The van der Waals surface area contributed by atoms with Crippen molar-refractivity contribution in [2.45, 2.75) is 32.5 Å². The molecule has 0 aromatic heterocycles. The Bertz CT molecular complexity index is 443. The number of alkyl halides is 1. The van der Waals surface area contributed by atoms with Crippen LogP contribution in [0.1, 0.15) is 42.9 Å². The molecule has 1 amide bonds. The smallest absolute Gasteiger partial charge is 0.251 e. The van der Waals surface area contributed by atoms with E-state index < -0.39 is 12.8 Å². The Morgan fingerprint density at radius 1 is 1.50 bits per heavy atom. The third-order valence-corrected chi connectivity index (χ3v) is 2.97. The highest BCUT2D eigenvalue weighted by Gasteiger charge is 2.18. The zero-order valence-electron chi connectivity index (χ0n) is 10.6. The molecule has 0 aliphatic rings. The van der Waals surface area contributed by atoms with Crippen molar-refractivity contribution in [1.29, 1.82) is 0 Å². The van der Waals surface area contributed by atoms with Crippen LogP contribution in [0.5, 0.6) is 0 Å². The van der Waals surface area contributed by atoms with E-state index >= 15 is 0 Å². The van der Waals surface area contributed by atoms with Gasteiger partial charge in [0.1, 0.15) is 6.17 Å². The number of halogens is 2. The summed E-state index contributed by atoms with van der Waals surface area (Å²) in [6.07, 6.45) is -1.50. The Labute approximate surface area is 115 Å². The molecule has 1 aromatic carbocycles. The van der Waals surface area contributed by atoms with E-state index in [1.165, 1.54) is 6.07 Å². The highest BCUT2D eigenvalue weighted by Crippen LogP contribution is 2.27. The Balaban J connectivity index is 3.01. The second-order valence-corrected chi connectivity index (χ2v) is 5.94. The van der Waals surface area contributed by atoms with Gasteiger partial charge in [-0.05, 0) is 39.0 Å². The number of amides is 1. The average molecular weight is 318 g/mol. The maximum absolute atomic E-state index is 13.5. The van der Waals surface area contributed by atoms with Crippen molar-refractivity contribution in [3.05, 3.63) is 33.8 Å². The molecule has 100 valence electrons. The predicted octanol–water partition coefficient (Wildman–Crippen LogP) is 2.98. The Morgan fingerprint density at radius 2 is 2.11 bits per heavy atom. The standard InChI is InChI=1S/C13H17BrFNO2/c1-13(2,3)16-12(18)8-4-5-10(14)9(6-8)11(15)7-17/h4-6,11,17H,7H2,1-3H3,(H,16,18). The predicted molar refractivity (Wildman–Crippen MR) is 72.3 cm³/mol. The molecule has 3 nitrogen and oxygen atoms in total. The first-order valence-electron chi connectivity index (χ1n) is 5.61. The molecule has 2 N–H and O–H groups in total. The molecular formula is C13H17BrFNO2. The number of carbonyl (C=O) groups excluding carboxylic acids is 1. The van der Waals surface area contributed by atoms with Gasteiger partial charge in [0.25, 0.3) is 5.91 Å². The van der Waals surface area contributed by atoms with E-state index in [-0.39, 0.29) is 17.0 Å². The number of hydrogen-bond acceptors (Lipinski definition) is 2. The van der Waals surface area contributed by atoms with Crippen molar-refractivity contribution in [3.8, 4) is 0 Å². The van der Waals surface area contributed by atoms with Gasteiger partial charge in [-0.15, -0.1) is 0 Å². The number of benzene rings is 1. The summed E-state index contributed by atoms with van der Waals surface area (Å²) in [4.78, 5) is 11.9. The lowest BCUT2D eigenvalue weighted by Crippen LogP contribution is -2.40. The number of rotatable bonds is 3. The van der Waals surface area contributed by atoms with Crippen LogP contribution in [0.2, 0.25) is 0 Å². The minimum Gasteiger partial charge on any atom is -0.393 e. The third kappa shape index (κ3) is 4.07. The molecule has 0 radical (unpaired) electrons. The minimum atomic E-state index is -1.50. The van der Waals surface area contributed by atoms with E-state index in [1.54, 1.807) is 12.1 Å². The molecule has 0 heterocycles. The number of nitrogens with one attached hydrogen (secondary N) is 1. The van der Waals surface area contributed by atoms with Gasteiger partial charge in [0.2, 0.25) is 0 Å². The van der Waals surface area contributed by atoms with Gasteiger partial charge in [-0.3, -0.25) is 4.79 Å². The Morgan fingerprint density at radius 3 is 2.61 bits per heavy atom. The summed E-state index contributed by atoms with van der Waals surface area (Å²) < 4.78 is 14.0. The van der Waals surface area contributed by atoms with Gasteiger partial charge in [-0.1, -0.05) is 15.9 Å². The largest absolute Gasteiger partial charge is 0.393 e. The molecular weight excluding hydrogens is 301 g/mol. The SMILES string of the molecule is CC(C)(C)NC(=O)c1ccc(Br)c(C(F)CO)c1. The van der Waals surface area contributed by atoms with Gasteiger partial charge >= 0.3 is 0 Å². The minimum absolute atomic E-state index is 0.263. The molecule has 18 heavy (non-hydrogen) atoms. The molecule has 1 rings (SSSR count). The summed E-state index contributed by atoms with van der Waals surface area (Å²) in [5.41, 5.74) is 0.300. The van der Waals surface area contributed by atoms with E-state index in [1.807, 2.05) is 20.8 Å². The maximum Gasteiger partial charge on any atom is 0.251 e. The molecule has 0 bridgehead atoms. The lowest BCUT2D eigenvalue weighted by molar-refractivity contribution is 0.0919. The van der Waals surface area contributed by atoms with Crippen LogP contribution in [-0.4, -0.2) is 23.2 Å². The molecule has 0 spiro atoms. The summed E-state index contributed by atoms with van der Waals surface area (Å²) in [5, 5.41) is 11.6. The number of aliphatic hydroxyl groups excluding tert-OH is 1. The Kier molecular flexibility index (Phi) is 4.87. The van der Waals surface area contributed by atoms with Gasteiger partial charge in [0.05, 0.1) is 6.61 Å². The summed E-state index contributed by atoms with van der Waals surface area (Å²) in [6.45, 7) is 5.01. The molecule has 0 aliphatic heterocycles. The van der Waals surface area contributed by atoms with Crippen LogP contribution in [0.25, 0.3) is 0 Å². The lowest BCUT2D eigenvalue weighted by Gasteiger charge is -2.21. The van der Waals surface area contributed by atoms with Crippen LogP contribution in [0, 0.1) is 0 Å². The van der Waals surface area contributed by atoms with Gasteiger partial charge in [-0.25, -0.2) is 4.39 Å². The van der Waals surface area contributed by atoms with Gasteiger partial charge in [-0.2, -0.15) is 0 Å². The number of carbonyl (C=O) groups is 1. The van der Waals surface area contributed by atoms with E-state index in [4.69, 9.17) is 5.11 Å². The average Bonchev–Trinajstić information content (AvgIpc) is 2.26. The monoisotopic (exact) mass is 317 g/mol. The first-order valence-corrected chi connectivity index (χ1v) is 6.41. The van der Waals surface area contributed by atoms with Crippen LogP contribution in [0.15, 0.2) is 22.7 Å². The molecule has 0 fully saturated rings. The molecule has 1 atom stereocenters. The van der Waals surface area contributed by atoms with Crippen LogP contribution in [-0.2, 0) is 0 Å². The first kappa shape index (κ1) is 15.1. The van der Waals surface area contributed by atoms with Crippen molar-refractivity contribution in [2.75, 3.05) is 6.61 Å². The summed E-state index contributed by atoms with van der Waals surface area (Å²) in [6, 6.07) is 4.67. The summed E-state index contributed by atoms with van der Waals surface area (Å²) in [5.74, 6) is -0.263. The van der Waals surface area contributed by atoms with Gasteiger partial charge in [0, 0.05) is 21.1 Å².